The Bertz CT molecular complexity index is 1100. The van der Waals surface area contributed by atoms with Crippen molar-refractivity contribution in [3.05, 3.63) is 94.5 Å². The summed E-state index contributed by atoms with van der Waals surface area (Å²) in [6.07, 6.45) is -0.930. The number of nitrogens with zero attached hydrogens (tertiary/aromatic N) is 2. The number of imide groups is 1. The molecule has 5 nitrogen and oxygen atoms in total. The van der Waals surface area contributed by atoms with Crippen molar-refractivity contribution in [1.82, 2.24) is 0 Å². The van der Waals surface area contributed by atoms with E-state index in [1.54, 1.807) is 23.3 Å². The van der Waals surface area contributed by atoms with Gasteiger partial charge in [0.1, 0.15) is 5.92 Å². The van der Waals surface area contributed by atoms with E-state index in [2.05, 4.69) is 0 Å². The highest BCUT2D eigenvalue weighted by Crippen LogP contribution is 2.47. The van der Waals surface area contributed by atoms with E-state index in [-0.39, 0.29) is 5.91 Å². The average molecular weight is 439 g/mol. The molecule has 2 saturated heterocycles. The van der Waals surface area contributed by atoms with Crippen LogP contribution in [0.4, 0.5) is 11.4 Å². The molecular weight excluding hydrogens is 423 g/mol. The van der Waals surface area contributed by atoms with Crippen LogP contribution in [-0.2, 0) is 14.4 Å². The minimum Gasteiger partial charge on any atom is -0.273 e. The molecule has 5 rings (SSSR count). The third-order valence-corrected chi connectivity index (χ3v) is 5.81. The average Bonchev–Trinajstić information content (AvgIpc) is 3.25. The normalized spacial score (nSPS) is 23.2. The highest BCUT2D eigenvalue weighted by Gasteiger charge is 2.60. The SMILES string of the molecule is O=C1[C@@H]2[C@@H](ON(c3ccccc3)[C@H]2c2ccccc2)C(=O)N1c1cc(Cl)cc(Cl)c1. The minimum absolute atomic E-state index is 0.337. The number of halogens is 2. The largest absolute Gasteiger partial charge is 0.273 e. The van der Waals surface area contributed by atoms with E-state index in [0.29, 0.717) is 15.7 Å². The summed E-state index contributed by atoms with van der Waals surface area (Å²) in [6, 6.07) is 23.2. The Labute approximate surface area is 183 Å². The highest BCUT2D eigenvalue weighted by atomic mass is 35.5. The number of hydroxylamine groups is 1. The Morgan fingerprint density at radius 1 is 0.733 bits per heavy atom. The molecule has 0 bridgehead atoms. The molecule has 0 radical (unpaired) electrons. The Hall–Kier alpha value is -2.86. The first kappa shape index (κ1) is 19.1. The van der Waals surface area contributed by atoms with Gasteiger partial charge in [0, 0.05) is 10.0 Å². The minimum atomic E-state index is -0.930. The highest BCUT2D eigenvalue weighted by molar-refractivity contribution is 6.35. The number of carbonyl (C=O) groups is 2. The lowest BCUT2D eigenvalue weighted by Crippen LogP contribution is -2.37. The van der Waals surface area contributed by atoms with Crippen molar-refractivity contribution < 1.29 is 14.4 Å². The first-order chi connectivity index (χ1) is 14.5. The van der Waals surface area contributed by atoms with Gasteiger partial charge in [0.15, 0.2) is 6.10 Å². The van der Waals surface area contributed by atoms with Crippen LogP contribution in [0.2, 0.25) is 10.0 Å². The Morgan fingerprint density at radius 2 is 1.33 bits per heavy atom. The van der Waals surface area contributed by atoms with Gasteiger partial charge < -0.3 is 0 Å². The number of hydrogen-bond donors (Lipinski definition) is 0. The number of anilines is 2. The van der Waals surface area contributed by atoms with Crippen LogP contribution in [0.25, 0.3) is 0 Å². The fourth-order valence-corrected chi connectivity index (χ4v) is 4.64. The van der Waals surface area contributed by atoms with Crippen LogP contribution in [0.1, 0.15) is 11.6 Å². The quantitative estimate of drug-likeness (QED) is 0.537. The molecule has 150 valence electrons. The molecule has 30 heavy (non-hydrogen) atoms. The molecule has 2 fully saturated rings. The van der Waals surface area contributed by atoms with Crippen molar-refractivity contribution in [2.45, 2.75) is 12.1 Å². The molecule has 0 aliphatic carbocycles. The van der Waals surface area contributed by atoms with Gasteiger partial charge >= 0.3 is 0 Å². The van der Waals surface area contributed by atoms with E-state index in [0.717, 1.165) is 16.2 Å². The smallest absolute Gasteiger partial charge is 0.266 e. The molecule has 3 aromatic carbocycles. The summed E-state index contributed by atoms with van der Waals surface area (Å²) in [6.45, 7) is 0. The summed E-state index contributed by atoms with van der Waals surface area (Å²) >= 11 is 12.2. The van der Waals surface area contributed by atoms with Crippen molar-refractivity contribution in [2.75, 3.05) is 9.96 Å². The molecule has 0 unspecified atom stereocenters. The number of hydrogen-bond acceptors (Lipinski definition) is 4. The predicted molar refractivity (Wildman–Crippen MR) is 115 cm³/mol. The molecule has 0 aromatic heterocycles. The van der Waals surface area contributed by atoms with Gasteiger partial charge in [0.2, 0.25) is 5.91 Å². The molecular formula is C23H16Cl2N2O3. The number of para-hydroxylation sites is 1. The van der Waals surface area contributed by atoms with Gasteiger partial charge in [0.05, 0.1) is 17.4 Å². The molecule has 2 heterocycles. The monoisotopic (exact) mass is 438 g/mol. The van der Waals surface area contributed by atoms with Crippen LogP contribution < -0.4 is 9.96 Å². The standard InChI is InChI=1S/C23H16Cl2N2O3/c24-15-11-16(25)13-18(12-15)26-22(28)19-20(14-7-3-1-4-8-14)27(30-21(19)23(26)29)17-9-5-2-6-10-17/h1-13,19-21H/t19-,20-,21+/m0/s1. The zero-order chi connectivity index (χ0) is 20.8. The molecule has 0 N–H and O–H groups in total. The van der Waals surface area contributed by atoms with E-state index < -0.39 is 24.0 Å². The molecule has 3 atom stereocenters. The summed E-state index contributed by atoms with van der Waals surface area (Å²) in [4.78, 5) is 34.0. The lowest BCUT2D eigenvalue weighted by Gasteiger charge is -2.28. The van der Waals surface area contributed by atoms with Crippen molar-refractivity contribution in [2.24, 2.45) is 5.92 Å². The van der Waals surface area contributed by atoms with Gasteiger partial charge in [-0.15, -0.1) is 0 Å². The summed E-state index contributed by atoms with van der Waals surface area (Å²) in [7, 11) is 0. The second-order valence-electron chi connectivity index (χ2n) is 7.21. The summed E-state index contributed by atoms with van der Waals surface area (Å²) in [5.74, 6) is -1.46. The lowest BCUT2D eigenvalue weighted by atomic mass is 9.90. The Balaban J connectivity index is 1.59. The predicted octanol–water partition coefficient (Wildman–Crippen LogP) is 5.04. The summed E-state index contributed by atoms with van der Waals surface area (Å²) in [5.41, 5.74) is 2.01. The molecule has 0 saturated carbocycles. The van der Waals surface area contributed by atoms with Crippen molar-refractivity contribution >= 4 is 46.4 Å². The van der Waals surface area contributed by atoms with Crippen LogP contribution >= 0.6 is 23.2 Å². The Morgan fingerprint density at radius 3 is 1.97 bits per heavy atom. The molecule has 2 aliphatic rings. The fraction of sp³-hybridized carbons (Fsp3) is 0.130. The molecule has 0 spiro atoms. The summed E-state index contributed by atoms with van der Waals surface area (Å²) < 4.78 is 0. The van der Waals surface area contributed by atoms with Crippen LogP contribution in [0.3, 0.4) is 0 Å². The van der Waals surface area contributed by atoms with E-state index >= 15 is 0 Å². The maximum Gasteiger partial charge on any atom is 0.266 e. The second-order valence-corrected chi connectivity index (χ2v) is 8.08. The zero-order valence-corrected chi connectivity index (χ0v) is 17.1. The van der Waals surface area contributed by atoms with Crippen LogP contribution in [0.15, 0.2) is 78.9 Å². The molecule has 2 aliphatic heterocycles. The number of carbonyl (C=O) groups excluding carboxylic acids is 2. The molecule has 2 amide bonds. The number of amides is 2. The van der Waals surface area contributed by atoms with Crippen molar-refractivity contribution in [1.29, 1.82) is 0 Å². The van der Waals surface area contributed by atoms with Gasteiger partial charge in [-0.05, 0) is 35.9 Å². The van der Waals surface area contributed by atoms with Gasteiger partial charge in [-0.2, -0.15) is 0 Å². The first-order valence-electron chi connectivity index (χ1n) is 9.44. The van der Waals surface area contributed by atoms with E-state index in [4.69, 9.17) is 28.0 Å². The first-order valence-corrected chi connectivity index (χ1v) is 10.2. The summed E-state index contributed by atoms with van der Waals surface area (Å²) in [5, 5.41) is 2.37. The van der Waals surface area contributed by atoms with E-state index in [1.165, 1.54) is 0 Å². The second kappa shape index (κ2) is 7.43. The Kier molecular flexibility index (Phi) is 4.74. The van der Waals surface area contributed by atoms with Crippen LogP contribution in [0, 0.1) is 5.92 Å². The number of fused-ring (bicyclic) bond motifs is 1. The topological polar surface area (TPSA) is 49.9 Å². The van der Waals surface area contributed by atoms with Gasteiger partial charge in [-0.25, -0.2) is 9.96 Å². The maximum atomic E-state index is 13.5. The van der Waals surface area contributed by atoms with E-state index in [9.17, 15) is 9.59 Å². The lowest BCUT2D eigenvalue weighted by molar-refractivity contribution is -0.126. The van der Waals surface area contributed by atoms with Crippen LogP contribution in [-0.4, -0.2) is 17.9 Å². The number of benzene rings is 3. The third kappa shape index (κ3) is 3.06. The zero-order valence-electron chi connectivity index (χ0n) is 15.6. The molecule has 3 aromatic rings. The van der Waals surface area contributed by atoms with Crippen LogP contribution in [0.5, 0.6) is 0 Å². The van der Waals surface area contributed by atoms with E-state index in [1.807, 2.05) is 60.7 Å². The van der Waals surface area contributed by atoms with Crippen molar-refractivity contribution in [3.63, 3.8) is 0 Å². The molecule has 7 heteroatoms. The van der Waals surface area contributed by atoms with Gasteiger partial charge in [-0.3, -0.25) is 14.4 Å². The van der Waals surface area contributed by atoms with Gasteiger partial charge in [0.25, 0.3) is 5.91 Å². The number of rotatable bonds is 3. The van der Waals surface area contributed by atoms with Gasteiger partial charge in [-0.1, -0.05) is 71.7 Å². The third-order valence-electron chi connectivity index (χ3n) is 5.37. The fourth-order valence-electron chi connectivity index (χ4n) is 4.13. The maximum absolute atomic E-state index is 13.5. The van der Waals surface area contributed by atoms with Crippen molar-refractivity contribution in [3.8, 4) is 0 Å².